The molecule has 3 aromatic rings. The molecule has 0 saturated carbocycles. The number of hydrogen-bond acceptors (Lipinski definition) is 11. The third kappa shape index (κ3) is 4.71. The maximum absolute atomic E-state index is 12.2. The predicted octanol–water partition coefficient (Wildman–Crippen LogP) is 2.91. The largest absolute Gasteiger partial charge is 0.493 e. The number of nitriles is 1. The molecule has 0 aliphatic heterocycles. The molecule has 0 aliphatic carbocycles. The highest BCUT2D eigenvalue weighted by molar-refractivity contribution is 5.79. The fourth-order valence-corrected chi connectivity index (χ4v) is 3.06. The number of methoxy groups -OCH3 is 3. The normalized spacial score (nSPS) is 11.6. The van der Waals surface area contributed by atoms with Crippen molar-refractivity contribution in [1.82, 2.24) is 9.97 Å². The average Bonchev–Trinajstić information content (AvgIpc) is 2.84. The fraction of sp³-hybridized carbons (Fsp3) is 0.348. The first-order valence-corrected chi connectivity index (χ1v) is 10.4. The number of rotatable bonds is 10. The molecule has 0 amide bonds. The van der Waals surface area contributed by atoms with Gasteiger partial charge in [-0.05, 0) is 12.8 Å². The molecular weight excluding hydrogens is 440 g/mol. The van der Waals surface area contributed by atoms with Gasteiger partial charge in [0.25, 0.3) is 10.9 Å². The second-order valence-corrected chi connectivity index (χ2v) is 7.82. The van der Waals surface area contributed by atoms with Crippen LogP contribution >= 0.6 is 0 Å². The van der Waals surface area contributed by atoms with Crippen molar-refractivity contribution in [3.05, 3.63) is 44.3 Å². The zero-order chi connectivity index (χ0) is 25.0. The van der Waals surface area contributed by atoms with Crippen LogP contribution < -0.4 is 41.0 Å². The van der Waals surface area contributed by atoms with Crippen LogP contribution in [0.3, 0.4) is 0 Å². The number of ether oxygens (including phenoxy) is 3. The van der Waals surface area contributed by atoms with Crippen LogP contribution in [0.1, 0.15) is 26.3 Å². The number of anilines is 5. The summed E-state index contributed by atoms with van der Waals surface area (Å²) in [6.45, 7) is 5.90. The van der Waals surface area contributed by atoms with E-state index in [4.69, 9.17) is 14.2 Å². The molecule has 0 aliphatic rings. The summed E-state index contributed by atoms with van der Waals surface area (Å²) in [5.74, 6) is 1.74. The summed E-state index contributed by atoms with van der Waals surface area (Å²) in [6.07, 6.45) is 1.31. The first-order chi connectivity index (χ1) is 16.2. The van der Waals surface area contributed by atoms with Gasteiger partial charge in [0.1, 0.15) is 23.0 Å². The van der Waals surface area contributed by atoms with E-state index in [9.17, 15) is 14.9 Å². The topological polar surface area (TPSA) is 147 Å². The zero-order valence-corrected chi connectivity index (χ0v) is 19.8. The Morgan fingerprint density at radius 1 is 0.941 bits per heavy atom. The van der Waals surface area contributed by atoms with Crippen molar-refractivity contribution in [3.8, 4) is 23.3 Å². The van der Waals surface area contributed by atoms with Crippen LogP contribution in [0.2, 0.25) is 0 Å². The van der Waals surface area contributed by atoms with Gasteiger partial charge in [0, 0.05) is 23.9 Å². The van der Waals surface area contributed by atoms with E-state index >= 15 is 0 Å². The summed E-state index contributed by atoms with van der Waals surface area (Å²) in [5.41, 5.74) is -0.420. The Labute approximate surface area is 196 Å². The minimum Gasteiger partial charge on any atom is -0.493 e. The van der Waals surface area contributed by atoms with Crippen LogP contribution in [0, 0.1) is 17.2 Å². The van der Waals surface area contributed by atoms with Gasteiger partial charge in [-0.25, -0.2) is 4.98 Å². The molecule has 1 aromatic heterocycles. The molecule has 0 spiro atoms. The van der Waals surface area contributed by atoms with Crippen molar-refractivity contribution >= 4 is 28.8 Å². The van der Waals surface area contributed by atoms with Crippen LogP contribution in [0.4, 0.5) is 28.8 Å². The van der Waals surface area contributed by atoms with E-state index in [-0.39, 0.29) is 40.7 Å². The van der Waals surface area contributed by atoms with Crippen LogP contribution in [0.5, 0.6) is 17.2 Å². The van der Waals surface area contributed by atoms with Crippen LogP contribution in [-0.2, 0) is 0 Å². The molecule has 2 aromatic carbocycles. The van der Waals surface area contributed by atoms with E-state index in [1.165, 1.54) is 27.5 Å². The zero-order valence-electron chi connectivity index (χ0n) is 19.8. The molecule has 0 fully saturated rings. The molecule has 1 unspecified atom stereocenters. The minimum absolute atomic E-state index is 0.0399. The van der Waals surface area contributed by atoms with E-state index in [1.807, 2.05) is 26.8 Å². The highest BCUT2D eigenvalue weighted by Gasteiger charge is 2.24. The number of nitrogens with zero attached hydrogens (tertiary/aromatic N) is 3. The van der Waals surface area contributed by atoms with Crippen LogP contribution in [0.25, 0.3) is 0 Å². The Bertz CT molecular complexity index is 1280. The van der Waals surface area contributed by atoms with E-state index < -0.39 is 10.9 Å². The molecule has 178 valence electrons. The van der Waals surface area contributed by atoms with Gasteiger partial charge in [-0.1, -0.05) is 13.8 Å². The van der Waals surface area contributed by atoms with Gasteiger partial charge in [0.15, 0.2) is 17.3 Å². The highest BCUT2D eigenvalue weighted by Crippen LogP contribution is 2.40. The SMILES string of the molecule is COc1cc(Nc2ncc(C#N)c(Nc3c(NC(C)C(C)C)c(=O)c3=O)n2)cc(OC)c1OC. The van der Waals surface area contributed by atoms with Gasteiger partial charge in [-0.3, -0.25) is 9.59 Å². The summed E-state index contributed by atoms with van der Waals surface area (Å²) < 4.78 is 16.0. The third-order valence-corrected chi connectivity index (χ3v) is 5.36. The average molecular weight is 466 g/mol. The lowest BCUT2D eigenvalue weighted by Crippen LogP contribution is -2.39. The minimum atomic E-state index is -0.680. The van der Waals surface area contributed by atoms with Crippen molar-refractivity contribution in [1.29, 1.82) is 5.26 Å². The van der Waals surface area contributed by atoms with Gasteiger partial charge >= 0.3 is 0 Å². The molecule has 3 rings (SSSR count). The van der Waals surface area contributed by atoms with E-state index in [0.29, 0.717) is 22.9 Å². The monoisotopic (exact) mass is 466 g/mol. The van der Waals surface area contributed by atoms with Crippen molar-refractivity contribution < 1.29 is 14.2 Å². The first kappa shape index (κ1) is 24.3. The molecule has 1 heterocycles. The summed E-state index contributed by atoms with van der Waals surface area (Å²) in [7, 11) is 4.50. The maximum atomic E-state index is 12.2. The van der Waals surface area contributed by atoms with Crippen LogP contribution in [0.15, 0.2) is 27.9 Å². The smallest absolute Gasteiger partial charge is 0.253 e. The van der Waals surface area contributed by atoms with Gasteiger partial charge in [0.05, 0.1) is 27.5 Å². The highest BCUT2D eigenvalue weighted by atomic mass is 16.5. The van der Waals surface area contributed by atoms with Crippen molar-refractivity contribution in [2.24, 2.45) is 5.92 Å². The molecule has 0 radical (unpaired) electrons. The summed E-state index contributed by atoms with van der Waals surface area (Å²) in [4.78, 5) is 32.8. The van der Waals surface area contributed by atoms with E-state index in [1.54, 1.807) is 12.1 Å². The molecular formula is C23H26N6O5. The molecule has 0 saturated heterocycles. The Balaban J connectivity index is 1.93. The molecule has 3 N–H and O–H groups in total. The van der Waals surface area contributed by atoms with Gasteiger partial charge < -0.3 is 30.2 Å². The lowest BCUT2D eigenvalue weighted by Gasteiger charge is -2.22. The van der Waals surface area contributed by atoms with Crippen molar-refractivity contribution in [3.63, 3.8) is 0 Å². The number of aromatic nitrogens is 2. The molecule has 1 atom stereocenters. The number of hydrogen-bond donors (Lipinski definition) is 3. The Morgan fingerprint density at radius 3 is 2.09 bits per heavy atom. The van der Waals surface area contributed by atoms with Gasteiger partial charge in [0.2, 0.25) is 11.7 Å². The molecule has 34 heavy (non-hydrogen) atoms. The lowest BCUT2D eigenvalue weighted by molar-refractivity contribution is 0.324. The quantitative estimate of drug-likeness (QED) is 0.379. The second-order valence-electron chi connectivity index (χ2n) is 7.82. The number of nitrogens with one attached hydrogen (secondary N) is 3. The number of benzene rings is 1. The second kappa shape index (κ2) is 10.1. The maximum Gasteiger partial charge on any atom is 0.253 e. The molecule has 11 heteroatoms. The molecule has 0 bridgehead atoms. The Hall–Kier alpha value is -4.33. The van der Waals surface area contributed by atoms with Crippen molar-refractivity contribution in [2.75, 3.05) is 37.3 Å². The van der Waals surface area contributed by atoms with Crippen LogP contribution in [-0.4, -0.2) is 37.3 Å². The standard InChI is InChI=1S/C23H26N6O5/c1-11(2)12(3)26-17-18(20(31)19(17)30)28-22-13(9-24)10-25-23(29-22)27-14-7-15(32-4)21(34-6)16(8-14)33-5/h7-8,10-12,26H,1-6H3,(H2,25,27,28,29). The third-order valence-electron chi connectivity index (χ3n) is 5.36. The summed E-state index contributed by atoms with van der Waals surface area (Å²) in [6, 6.07) is 5.28. The lowest BCUT2D eigenvalue weighted by atomic mass is 10.0. The Kier molecular flexibility index (Phi) is 7.21. The van der Waals surface area contributed by atoms with E-state index in [0.717, 1.165) is 0 Å². The Morgan fingerprint density at radius 2 is 1.56 bits per heavy atom. The summed E-state index contributed by atoms with van der Waals surface area (Å²) in [5, 5.41) is 18.4. The molecule has 11 nitrogen and oxygen atoms in total. The predicted molar refractivity (Wildman–Crippen MR) is 129 cm³/mol. The van der Waals surface area contributed by atoms with Gasteiger partial charge in [-0.2, -0.15) is 10.2 Å². The fourth-order valence-electron chi connectivity index (χ4n) is 3.06. The first-order valence-electron chi connectivity index (χ1n) is 10.4. The summed E-state index contributed by atoms with van der Waals surface area (Å²) >= 11 is 0. The van der Waals surface area contributed by atoms with Crippen molar-refractivity contribution in [2.45, 2.75) is 26.8 Å². The van der Waals surface area contributed by atoms with E-state index in [2.05, 4.69) is 25.9 Å². The van der Waals surface area contributed by atoms with Gasteiger partial charge in [-0.15, -0.1) is 0 Å².